The van der Waals surface area contributed by atoms with Crippen LogP contribution >= 0.6 is 38.9 Å². The molecule has 0 spiro atoms. The van der Waals surface area contributed by atoms with E-state index < -0.39 is 0 Å². The second-order valence-corrected chi connectivity index (χ2v) is 6.79. The van der Waals surface area contributed by atoms with Gasteiger partial charge in [0.1, 0.15) is 5.52 Å². The number of nitrogens with one attached hydrogen (secondary N) is 2. The zero-order chi connectivity index (χ0) is 15.7. The van der Waals surface area contributed by atoms with Crippen LogP contribution in [0, 0.1) is 0 Å². The van der Waals surface area contributed by atoms with Gasteiger partial charge in [-0.05, 0) is 30.3 Å². The maximum Gasteiger partial charge on any atom is 0.255 e. The molecule has 0 unspecified atom stereocenters. The van der Waals surface area contributed by atoms with Crippen molar-refractivity contribution in [3.05, 3.63) is 51.5 Å². The molecular formula is C14H10BrClN4OS. The van der Waals surface area contributed by atoms with Crippen molar-refractivity contribution in [3.63, 3.8) is 0 Å². The van der Waals surface area contributed by atoms with E-state index in [2.05, 4.69) is 31.7 Å². The van der Waals surface area contributed by atoms with Gasteiger partial charge >= 0.3 is 0 Å². The lowest BCUT2D eigenvalue weighted by molar-refractivity contribution is 0.102. The largest absolute Gasteiger partial charge is 0.322 e. The molecule has 0 radical (unpaired) electrons. The Balaban J connectivity index is 1.92. The van der Waals surface area contributed by atoms with Crippen LogP contribution in [0.4, 0.5) is 10.8 Å². The molecule has 0 aliphatic heterocycles. The highest BCUT2D eigenvalue weighted by atomic mass is 79.9. The average Bonchev–Trinajstić information content (AvgIpc) is 2.91. The number of nitrogen functional groups attached to an aromatic ring is 1. The molecule has 1 amide bonds. The van der Waals surface area contributed by atoms with Crippen LogP contribution in [0.15, 0.2) is 40.9 Å². The number of rotatable bonds is 3. The summed E-state index contributed by atoms with van der Waals surface area (Å²) >= 11 is 10.9. The minimum atomic E-state index is -0.210. The van der Waals surface area contributed by atoms with E-state index >= 15 is 0 Å². The molecule has 0 saturated heterocycles. The Morgan fingerprint density at radius 1 is 1.32 bits per heavy atom. The molecule has 0 bridgehead atoms. The highest BCUT2D eigenvalue weighted by molar-refractivity contribution is 9.10. The van der Waals surface area contributed by atoms with Gasteiger partial charge in [0.25, 0.3) is 5.91 Å². The first-order valence-corrected chi connectivity index (χ1v) is 8.19. The second-order valence-electron chi connectivity index (χ2n) is 4.43. The smallest absolute Gasteiger partial charge is 0.255 e. The van der Waals surface area contributed by atoms with E-state index in [9.17, 15) is 4.79 Å². The summed E-state index contributed by atoms with van der Waals surface area (Å²) in [5.74, 6) is 5.14. The third kappa shape index (κ3) is 3.07. The van der Waals surface area contributed by atoms with Gasteiger partial charge in [-0.25, -0.2) is 10.8 Å². The number of aromatic nitrogens is 1. The Bertz CT molecular complexity index is 867. The summed E-state index contributed by atoms with van der Waals surface area (Å²) in [4.78, 5) is 16.5. The molecule has 1 aromatic heterocycles. The predicted molar refractivity (Wildman–Crippen MR) is 94.5 cm³/mol. The highest BCUT2D eigenvalue weighted by Gasteiger charge is 2.11. The van der Waals surface area contributed by atoms with Gasteiger partial charge in [-0.3, -0.25) is 10.2 Å². The number of amides is 1. The zero-order valence-corrected chi connectivity index (χ0v) is 14.2. The summed E-state index contributed by atoms with van der Waals surface area (Å²) < 4.78 is 1.68. The number of anilines is 2. The molecule has 0 aliphatic rings. The third-order valence-corrected chi connectivity index (χ3v) is 4.63. The van der Waals surface area contributed by atoms with E-state index in [1.807, 2.05) is 12.1 Å². The molecule has 4 N–H and O–H groups in total. The molecule has 2 aromatic carbocycles. The Morgan fingerprint density at radius 2 is 2.14 bits per heavy atom. The zero-order valence-electron chi connectivity index (χ0n) is 11.1. The molecule has 22 heavy (non-hydrogen) atoms. The monoisotopic (exact) mass is 396 g/mol. The molecule has 0 fully saturated rings. The van der Waals surface area contributed by atoms with Crippen LogP contribution in [0.5, 0.6) is 0 Å². The van der Waals surface area contributed by atoms with Crippen LogP contribution in [0.25, 0.3) is 10.2 Å². The van der Waals surface area contributed by atoms with Gasteiger partial charge in [0.2, 0.25) is 0 Å². The Kier molecular flexibility index (Phi) is 4.30. The standard InChI is InChI=1S/C14H10BrClN4OS/c15-8-3-1-2-7(4-8)13(21)18-9-5-10(16)12-11(6-9)22-14(19-12)20-17/h1-6H,17H2,(H,18,21)(H,19,20). The number of fused-ring (bicyclic) bond motifs is 1. The fourth-order valence-electron chi connectivity index (χ4n) is 1.96. The first kappa shape index (κ1) is 15.2. The molecule has 0 aliphatic carbocycles. The quantitative estimate of drug-likeness (QED) is 0.456. The van der Waals surface area contributed by atoms with E-state index in [0.717, 1.165) is 9.17 Å². The van der Waals surface area contributed by atoms with Crippen molar-refractivity contribution in [2.75, 3.05) is 10.7 Å². The number of thiazole rings is 1. The van der Waals surface area contributed by atoms with Gasteiger partial charge < -0.3 is 5.32 Å². The number of hydrazine groups is 1. The summed E-state index contributed by atoms with van der Waals surface area (Å²) in [6.07, 6.45) is 0. The van der Waals surface area contributed by atoms with E-state index in [1.165, 1.54) is 11.3 Å². The van der Waals surface area contributed by atoms with Crippen molar-refractivity contribution in [1.82, 2.24) is 4.98 Å². The van der Waals surface area contributed by atoms with Crippen molar-refractivity contribution >= 4 is 65.8 Å². The molecular weight excluding hydrogens is 388 g/mol. The molecule has 8 heteroatoms. The molecule has 1 heterocycles. The lowest BCUT2D eigenvalue weighted by Gasteiger charge is -2.06. The number of halogens is 2. The van der Waals surface area contributed by atoms with Crippen LogP contribution < -0.4 is 16.6 Å². The minimum Gasteiger partial charge on any atom is -0.322 e. The minimum absolute atomic E-state index is 0.210. The van der Waals surface area contributed by atoms with Crippen LogP contribution in [-0.4, -0.2) is 10.9 Å². The average molecular weight is 398 g/mol. The number of benzene rings is 2. The molecule has 5 nitrogen and oxygen atoms in total. The fourth-order valence-corrected chi connectivity index (χ4v) is 3.51. The predicted octanol–water partition coefficient (Wildman–Crippen LogP) is 4.25. The summed E-state index contributed by atoms with van der Waals surface area (Å²) in [5, 5.41) is 3.85. The molecule has 0 saturated carbocycles. The molecule has 0 atom stereocenters. The van der Waals surface area contributed by atoms with E-state index in [0.29, 0.717) is 26.9 Å². The molecule has 112 valence electrons. The number of carbonyl (C=O) groups excluding carboxylic acids is 1. The topological polar surface area (TPSA) is 80.0 Å². The van der Waals surface area contributed by atoms with Gasteiger partial charge in [0.05, 0.1) is 9.72 Å². The summed E-state index contributed by atoms with van der Waals surface area (Å²) in [6.45, 7) is 0. The van der Waals surface area contributed by atoms with Gasteiger partial charge in [0.15, 0.2) is 5.13 Å². The lowest BCUT2D eigenvalue weighted by Crippen LogP contribution is -2.11. The number of carbonyl (C=O) groups is 1. The van der Waals surface area contributed by atoms with Gasteiger partial charge in [-0.15, -0.1) is 0 Å². The van der Waals surface area contributed by atoms with Gasteiger partial charge in [-0.1, -0.05) is 44.9 Å². The van der Waals surface area contributed by atoms with Crippen molar-refractivity contribution in [2.45, 2.75) is 0 Å². The van der Waals surface area contributed by atoms with E-state index in [4.69, 9.17) is 17.4 Å². The number of nitrogens with zero attached hydrogens (tertiary/aromatic N) is 1. The normalized spacial score (nSPS) is 10.7. The maximum absolute atomic E-state index is 12.3. The maximum atomic E-state index is 12.3. The van der Waals surface area contributed by atoms with E-state index in [1.54, 1.807) is 24.3 Å². The number of nitrogens with two attached hydrogens (primary N) is 1. The van der Waals surface area contributed by atoms with Crippen molar-refractivity contribution in [2.24, 2.45) is 5.84 Å². The first-order chi connectivity index (χ1) is 10.6. The van der Waals surface area contributed by atoms with Crippen molar-refractivity contribution in [1.29, 1.82) is 0 Å². The highest BCUT2D eigenvalue weighted by Crippen LogP contribution is 2.33. The molecule has 3 aromatic rings. The SMILES string of the molecule is NNc1nc2c(Cl)cc(NC(=O)c3cccc(Br)c3)cc2s1. The number of hydrogen-bond donors (Lipinski definition) is 3. The first-order valence-electron chi connectivity index (χ1n) is 6.20. The van der Waals surface area contributed by atoms with Crippen molar-refractivity contribution < 1.29 is 4.79 Å². The second kappa shape index (κ2) is 6.21. The lowest BCUT2D eigenvalue weighted by atomic mass is 10.2. The Morgan fingerprint density at radius 3 is 2.86 bits per heavy atom. The fraction of sp³-hybridized carbons (Fsp3) is 0. The van der Waals surface area contributed by atoms with Gasteiger partial charge in [0, 0.05) is 15.7 Å². The summed E-state index contributed by atoms with van der Waals surface area (Å²) in [6, 6.07) is 10.6. The summed E-state index contributed by atoms with van der Waals surface area (Å²) in [5.41, 5.74) is 4.31. The van der Waals surface area contributed by atoms with E-state index in [-0.39, 0.29) is 5.91 Å². The van der Waals surface area contributed by atoms with Crippen LogP contribution in [0.1, 0.15) is 10.4 Å². The van der Waals surface area contributed by atoms with Crippen LogP contribution in [-0.2, 0) is 0 Å². The number of hydrogen-bond acceptors (Lipinski definition) is 5. The van der Waals surface area contributed by atoms with Gasteiger partial charge in [-0.2, -0.15) is 0 Å². The third-order valence-electron chi connectivity index (χ3n) is 2.92. The summed E-state index contributed by atoms with van der Waals surface area (Å²) in [7, 11) is 0. The van der Waals surface area contributed by atoms with Crippen LogP contribution in [0.3, 0.4) is 0 Å². The van der Waals surface area contributed by atoms with Crippen molar-refractivity contribution in [3.8, 4) is 0 Å². The van der Waals surface area contributed by atoms with Crippen LogP contribution in [0.2, 0.25) is 5.02 Å². The Labute approximate surface area is 143 Å². The Hall–Kier alpha value is -1.67. The molecule has 3 rings (SSSR count).